The number of rotatable bonds is 4. The van der Waals surface area contributed by atoms with Gasteiger partial charge in [-0.1, -0.05) is 103 Å². The number of hydrogen-bond acceptors (Lipinski definition) is 4. The van der Waals surface area contributed by atoms with E-state index < -0.39 is 0 Å². The number of benzene rings is 7. The Bertz CT molecular complexity index is 2760. The molecule has 0 aliphatic rings. The van der Waals surface area contributed by atoms with Crippen molar-refractivity contribution in [2.24, 2.45) is 0 Å². The lowest BCUT2D eigenvalue weighted by atomic mass is 10.0. The van der Waals surface area contributed by atoms with E-state index in [1.165, 1.54) is 52.8 Å². The molecule has 224 valence electrons. The Hall–Kier alpha value is -6.17. The van der Waals surface area contributed by atoms with Crippen molar-refractivity contribution in [1.82, 2.24) is 19.5 Å². The van der Waals surface area contributed by atoms with Crippen molar-refractivity contribution in [3.05, 3.63) is 158 Å². The Balaban J connectivity index is 1.14. The van der Waals surface area contributed by atoms with Gasteiger partial charge in [-0.2, -0.15) is 0 Å². The lowest BCUT2D eigenvalue weighted by Gasteiger charge is -2.11. The summed E-state index contributed by atoms with van der Waals surface area (Å²) in [6.07, 6.45) is 0. The predicted molar refractivity (Wildman–Crippen MR) is 201 cm³/mol. The van der Waals surface area contributed by atoms with E-state index in [9.17, 15) is 0 Å². The van der Waals surface area contributed by atoms with Crippen LogP contribution in [0.15, 0.2) is 158 Å². The summed E-state index contributed by atoms with van der Waals surface area (Å²) in [5.41, 5.74) is 6.31. The fourth-order valence-electron chi connectivity index (χ4n) is 6.99. The van der Waals surface area contributed by atoms with Crippen molar-refractivity contribution < 1.29 is 0 Å². The number of nitrogens with zero attached hydrogens (tertiary/aromatic N) is 4. The molecule has 0 saturated heterocycles. The van der Waals surface area contributed by atoms with Gasteiger partial charge in [0.15, 0.2) is 17.5 Å². The zero-order valence-electron chi connectivity index (χ0n) is 25.7. The summed E-state index contributed by atoms with van der Waals surface area (Å²) >= 11 is 1.87. The van der Waals surface area contributed by atoms with Crippen LogP contribution < -0.4 is 0 Å². The van der Waals surface area contributed by atoms with Crippen molar-refractivity contribution in [2.45, 2.75) is 0 Å². The summed E-state index contributed by atoms with van der Waals surface area (Å²) < 4.78 is 5.03. The molecular formula is C43H26N4S. The first kappa shape index (κ1) is 27.0. The summed E-state index contributed by atoms with van der Waals surface area (Å²) in [6.45, 7) is 0. The van der Waals surface area contributed by atoms with Crippen LogP contribution in [0.3, 0.4) is 0 Å². The van der Waals surface area contributed by atoms with Crippen LogP contribution in [-0.4, -0.2) is 19.5 Å². The number of para-hydroxylation sites is 1. The van der Waals surface area contributed by atoms with E-state index in [2.05, 4.69) is 102 Å². The first-order valence-electron chi connectivity index (χ1n) is 16.0. The van der Waals surface area contributed by atoms with Crippen LogP contribution in [0.25, 0.3) is 92.6 Å². The Labute approximate surface area is 280 Å². The van der Waals surface area contributed by atoms with Crippen LogP contribution in [0.5, 0.6) is 0 Å². The molecule has 0 bridgehead atoms. The molecule has 4 nitrogen and oxygen atoms in total. The Morgan fingerprint density at radius 1 is 0.396 bits per heavy atom. The van der Waals surface area contributed by atoms with Crippen LogP contribution in [0, 0.1) is 0 Å². The molecule has 0 amide bonds. The molecule has 3 heterocycles. The summed E-state index contributed by atoms with van der Waals surface area (Å²) in [7, 11) is 0. The zero-order chi connectivity index (χ0) is 31.6. The summed E-state index contributed by atoms with van der Waals surface area (Å²) in [5, 5.41) is 7.71. The Morgan fingerprint density at radius 3 is 1.67 bits per heavy atom. The SMILES string of the molecule is c1ccc(-c2nc(-c3ccccc3)nc(-c3ccc(-n4c5ccccc5c5c6cc7c(cc6ccc54)sc4ccccc47)cc3)n2)cc1. The van der Waals surface area contributed by atoms with Crippen molar-refractivity contribution in [2.75, 3.05) is 0 Å². The van der Waals surface area contributed by atoms with Crippen LogP contribution in [0.4, 0.5) is 0 Å². The average Bonchev–Trinajstić information content (AvgIpc) is 3.70. The molecule has 0 saturated carbocycles. The maximum Gasteiger partial charge on any atom is 0.164 e. The van der Waals surface area contributed by atoms with Gasteiger partial charge in [0, 0.05) is 53.3 Å². The van der Waals surface area contributed by atoms with Crippen molar-refractivity contribution >= 4 is 64.1 Å². The van der Waals surface area contributed by atoms with E-state index >= 15 is 0 Å². The molecule has 0 fully saturated rings. The van der Waals surface area contributed by atoms with Gasteiger partial charge in [-0.15, -0.1) is 11.3 Å². The minimum Gasteiger partial charge on any atom is -0.309 e. The molecule has 5 heteroatoms. The van der Waals surface area contributed by atoms with Gasteiger partial charge in [-0.25, -0.2) is 15.0 Å². The molecule has 0 spiro atoms. The predicted octanol–water partition coefficient (Wildman–Crippen LogP) is 11.5. The van der Waals surface area contributed by atoms with E-state index in [1.807, 2.05) is 72.0 Å². The van der Waals surface area contributed by atoms with Gasteiger partial charge in [0.2, 0.25) is 0 Å². The van der Waals surface area contributed by atoms with E-state index in [4.69, 9.17) is 15.0 Å². The van der Waals surface area contributed by atoms with Crippen LogP contribution in [-0.2, 0) is 0 Å². The third kappa shape index (κ3) is 4.25. The van der Waals surface area contributed by atoms with Gasteiger partial charge >= 0.3 is 0 Å². The molecule has 10 rings (SSSR count). The normalized spacial score (nSPS) is 11.8. The molecule has 0 aliphatic heterocycles. The molecule has 0 unspecified atom stereocenters. The van der Waals surface area contributed by atoms with Crippen molar-refractivity contribution in [3.8, 4) is 39.9 Å². The molecule has 0 atom stereocenters. The molecule has 0 aliphatic carbocycles. The van der Waals surface area contributed by atoms with E-state index in [-0.39, 0.29) is 0 Å². The highest BCUT2D eigenvalue weighted by Gasteiger charge is 2.17. The fraction of sp³-hybridized carbons (Fsp3) is 0. The highest BCUT2D eigenvalue weighted by molar-refractivity contribution is 7.25. The number of aromatic nitrogens is 4. The monoisotopic (exact) mass is 630 g/mol. The highest BCUT2D eigenvalue weighted by Crippen LogP contribution is 2.41. The van der Waals surface area contributed by atoms with E-state index in [0.29, 0.717) is 17.5 Å². The summed E-state index contributed by atoms with van der Waals surface area (Å²) in [5.74, 6) is 1.96. The van der Waals surface area contributed by atoms with Gasteiger partial charge in [-0.3, -0.25) is 0 Å². The number of fused-ring (bicyclic) bond motifs is 8. The molecule has 3 aromatic heterocycles. The highest BCUT2D eigenvalue weighted by atomic mass is 32.1. The number of hydrogen-bond donors (Lipinski definition) is 0. The summed E-state index contributed by atoms with van der Waals surface area (Å²) in [4.78, 5) is 14.7. The standard InChI is InChI=1S/C43H26N4S/c1-3-11-27(12-4-1)41-44-42(28-13-5-2-6-14-28)46-43(45-41)29-19-22-31(23-20-29)47-36-17-9-7-16-33(36)40-34-26-35-32-15-8-10-18-38(32)48-39(35)25-30(34)21-24-37(40)47/h1-26H. The molecular weight excluding hydrogens is 605 g/mol. The third-order valence-electron chi connectivity index (χ3n) is 9.23. The quantitative estimate of drug-likeness (QED) is 0.194. The maximum absolute atomic E-state index is 4.94. The fourth-order valence-corrected chi connectivity index (χ4v) is 8.12. The van der Waals surface area contributed by atoms with E-state index in [0.717, 1.165) is 22.4 Å². The molecule has 0 N–H and O–H groups in total. The summed E-state index contributed by atoms with van der Waals surface area (Å²) in [6, 6.07) is 55.5. The van der Waals surface area contributed by atoms with Crippen molar-refractivity contribution in [3.63, 3.8) is 0 Å². The van der Waals surface area contributed by atoms with Gasteiger partial charge < -0.3 is 4.57 Å². The van der Waals surface area contributed by atoms with Crippen LogP contribution >= 0.6 is 11.3 Å². The minimum absolute atomic E-state index is 0.648. The van der Waals surface area contributed by atoms with E-state index in [1.54, 1.807) is 0 Å². The second kappa shape index (κ2) is 10.7. The zero-order valence-corrected chi connectivity index (χ0v) is 26.5. The van der Waals surface area contributed by atoms with Crippen LogP contribution in [0.1, 0.15) is 0 Å². The Kier molecular flexibility index (Phi) is 6.01. The first-order valence-corrected chi connectivity index (χ1v) is 16.9. The average molecular weight is 631 g/mol. The maximum atomic E-state index is 4.94. The minimum atomic E-state index is 0.648. The second-order valence-electron chi connectivity index (χ2n) is 12.1. The first-order chi connectivity index (χ1) is 23.8. The molecule has 10 aromatic rings. The molecule has 48 heavy (non-hydrogen) atoms. The van der Waals surface area contributed by atoms with Gasteiger partial charge in [0.05, 0.1) is 11.0 Å². The topological polar surface area (TPSA) is 43.6 Å². The van der Waals surface area contributed by atoms with Crippen molar-refractivity contribution in [1.29, 1.82) is 0 Å². The smallest absolute Gasteiger partial charge is 0.164 e. The third-order valence-corrected chi connectivity index (χ3v) is 10.4. The van der Waals surface area contributed by atoms with Gasteiger partial charge in [0.25, 0.3) is 0 Å². The van der Waals surface area contributed by atoms with Gasteiger partial charge in [-0.05, 0) is 65.4 Å². The van der Waals surface area contributed by atoms with Crippen LogP contribution in [0.2, 0.25) is 0 Å². The second-order valence-corrected chi connectivity index (χ2v) is 13.1. The lowest BCUT2D eigenvalue weighted by molar-refractivity contribution is 1.07. The Morgan fingerprint density at radius 2 is 0.979 bits per heavy atom. The molecule has 7 aromatic carbocycles. The lowest BCUT2D eigenvalue weighted by Crippen LogP contribution is -2.00. The molecule has 0 radical (unpaired) electrons. The number of thiophene rings is 1. The van der Waals surface area contributed by atoms with Gasteiger partial charge in [0.1, 0.15) is 0 Å². The largest absolute Gasteiger partial charge is 0.309 e.